The van der Waals surface area contributed by atoms with E-state index < -0.39 is 40.8 Å². The standard InChI is InChI=1S/C17H24F4O3SSi/c1-10-7-8-13(25(22,23)17(19,20)21)14-11(10)9-12(18)15(14)24-26(5,6)16(2,3)4/h7-8,12,15H,9H2,1-6H3/t12-,15-/m1/s1. The van der Waals surface area contributed by atoms with Gasteiger partial charge in [0.15, 0.2) is 8.32 Å². The fourth-order valence-corrected chi connectivity index (χ4v) is 5.08. The molecule has 0 N–H and O–H groups in total. The SMILES string of the molecule is Cc1ccc(S(=O)(=O)C(F)(F)F)c2c1C[C@@H](F)[C@H]2O[Si](C)(C)C(C)(C)C. The highest BCUT2D eigenvalue weighted by molar-refractivity contribution is 7.92. The second kappa shape index (κ2) is 6.30. The molecule has 1 aliphatic carbocycles. The lowest BCUT2D eigenvalue weighted by atomic mass is 10.0. The lowest BCUT2D eigenvalue weighted by Gasteiger charge is -2.39. The maximum absolute atomic E-state index is 14.8. The second-order valence-corrected chi connectivity index (χ2v) is 14.9. The molecule has 1 aliphatic rings. The van der Waals surface area contributed by atoms with Crippen LogP contribution < -0.4 is 0 Å². The van der Waals surface area contributed by atoms with Crippen molar-refractivity contribution in [3.8, 4) is 0 Å². The smallest absolute Gasteiger partial charge is 0.407 e. The Bertz CT molecular complexity index is 811. The van der Waals surface area contributed by atoms with Crippen molar-refractivity contribution in [2.24, 2.45) is 0 Å². The summed E-state index contributed by atoms with van der Waals surface area (Å²) in [4.78, 5) is -0.894. The molecule has 0 spiro atoms. The molecule has 0 saturated heterocycles. The molecule has 1 aromatic rings. The van der Waals surface area contributed by atoms with E-state index in [1.807, 2.05) is 33.9 Å². The number of rotatable bonds is 3. The predicted molar refractivity (Wildman–Crippen MR) is 94.0 cm³/mol. The number of fused-ring (bicyclic) bond motifs is 1. The molecule has 1 aromatic carbocycles. The summed E-state index contributed by atoms with van der Waals surface area (Å²) >= 11 is 0. The van der Waals surface area contributed by atoms with Crippen LogP contribution in [0, 0.1) is 6.92 Å². The molecule has 0 fully saturated rings. The Morgan fingerprint density at radius 1 is 1.15 bits per heavy atom. The van der Waals surface area contributed by atoms with Gasteiger partial charge in [-0.2, -0.15) is 13.2 Å². The minimum atomic E-state index is -5.60. The molecule has 0 unspecified atom stereocenters. The summed E-state index contributed by atoms with van der Waals surface area (Å²) in [5.74, 6) is 0. The average molecular weight is 413 g/mol. The maximum atomic E-state index is 14.8. The third-order valence-corrected chi connectivity index (χ3v) is 11.4. The van der Waals surface area contributed by atoms with Crippen LogP contribution in [-0.4, -0.2) is 28.4 Å². The minimum absolute atomic E-state index is 0.151. The molecular formula is C17H24F4O3SSi. The Hall–Kier alpha value is -0.933. The minimum Gasteiger partial charge on any atom is -0.407 e. The van der Waals surface area contributed by atoms with Gasteiger partial charge < -0.3 is 4.43 Å². The van der Waals surface area contributed by atoms with Gasteiger partial charge in [0.05, 0.1) is 4.90 Å². The number of hydrogen-bond acceptors (Lipinski definition) is 3. The van der Waals surface area contributed by atoms with Gasteiger partial charge in [0, 0.05) is 12.0 Å². The molecular weight excluding hydrogens is 388 g/mol. The third kappa shape index (κ3) is 3.45. The third-order valence-electron chi connectivity index (χ3n) is 5.39. The van der Waals surface area contributed by atoms with Crippen LogP contribution >= 0.6 is 0 Å². The quantitative estimate of drug-likeness (QED) is 0.503. The topological polar surface area (TPSA) is 43.4 Å². The Balaban J connectivity index is 2.67. The first-order valence-electron chi connectivity index (χ1n) is 8.26. The lowest BCUT2D eigenvalue weighted by molar-refractivity contribution is -0.0437. The molecule has 2 atom stereocenters. The summed E-state index contributed by atoms with van der Waals surface area (Å²) < 4.78 is 84.3. The molecule has 0 amide bonds. The highest BCUT2D eigenvalue weighted by atomic mass is 32.2. The van der Waals surface area contributed by atoms with E-state index in [9.17, 15) is 26.0 Å². The Morgan fingerprint density at radius 3 is 2.15 bits per heavy atom. The van der Waals surface area contributed by atoms with E-state index in [2.05, 4.69) is 0 Å². The lowest BCUT2D eigenvalue weighted by Crippen LogP contribution is -2.43. The van der Waals surface area contributed by atoms with E-state index in [0.717, 1.165) is 6.07 Å². The number of hydrogen-bond donors (Lipinski definition) is 0. The van der Waals surface area contributed by atoms with Crippen molar-refractivity contribution in [1.82, 2.24) is 0 Å². The van der Waals surface area contributed by atoms with E-state index in [1.165, 1.54) is 6.07 Å². The van der Waals surface area contributed by atoms with Crippen molar-refractivity contribution in [3.63, 3.8) is 0 Å². The van der Waals surface area contributed by atoms with Crippen LogP contribution in [0.15, 0.2) is 17.0 Å². The molecule has 0 saturated carbocycles. The van der Waals surface area contributed by atoms with Gasteiger partial charge >= 0.3 is 5.51 Å². The molecule has 3 nitrogen and oxygen atoms in total. The van der Waals surface area contributed by atoms with Gasteiger partial charge in [-0.1, -0.05) is 26.8 Å². The molecule has 0 heterocycles. The van der Waals surface area contributed by atoms with Crippen LogP contribution in [0.5, 0.6) is 0 Å². The van der Waals surface area contributed by atoms with Crippen LogP contribution in [0.1, 0.15) is 43.6 Å². The zero-order chi connectivity index (χ0) is 20.3. The van der Waals surface area contributed by atoms with E-state index in [-0.39, 0.29) is 17.0 Å². The van der Waals surface area contributed by atoms with Gasteiger partial charge in [0.25, 0.3) is 9.84 Å². The summed E-state index contributed by atoms with van der Waals surface area (Å²) in [5.41, 5.74) is -4.76. The highest BCUT2D eigenvalue weighted by Crippen LogP contribution is 2.48. The monoisotopic (exact) mass is 412 g/mol. The van der Waals surface area contributed by atoms with Crippen molar-refractivity contribution >= 4 is 18.2 Å². The van der Waals surface area contributed by atoms with Crippen LogP contribution in [-0.2, 0) is 20.7 Å². The summed E-state index contributed by atoms with van der Waals surface area (Å²) in [6, 6.07) is 2.20. The van der Waals surface area contributed by atoms with E-state index in [0.29, 0.717) is 11.1 Å². The zero-order valence-corrected chi connectivity index (χ0v) is 17.5. The zero-order valence-electron chi connectivity index (χ0n) is 15.7. The molecule has 0 aliphatic heterocycles. The van der Waals surface area contributed by atoms with Crippen molar-refractivity contribution in [2.75, 3.05) is 0 Å². The van der Waals surface area contributed by atoms with Crippen molar-refractivity contribution in [1.29, 1.82) is 0 Å². The van der Waals surface area contributed by atoms with Gasteiger partial charge in [-0.25, -0.2) is 12.8 Å². The van der Waals surface area contributed by atoms with Crippen LogP contribution in [0.4, 0.5) is 17.6 Å². The van der Waals surface area contributed by atoms with Crippen molar-refractivity contribution in [2.45, 2.75) is 74.9 Å². The molecule has 0 radical (unpaired) electrons. The number of alkyl halides is 4. The largest absolute Gasteiger partial charge is 0.501 e. The first-order valence-corrected chi connectivity index (χ1v) is 12.7. The second-order valence-electron chi connectivity index (χ2n) is 8.24. The number of halogens is 4. The summed E-state index contributed by atoms with van der Waals surface area (Å²) in [6.45, 7) is 11.1. The maximum Gasteiger partial charge on any atom is 0.501 e. The summed E-state index contributed by atoms with van der Waals surface area (Å²) in [6.07, 6.45) is -3.04. The fraction of sp³-hybridized carbons (Fsp3) is 0.647. The van der Waals surface area contributed by atoms with E-state index >= 15 is 0 Å². The van der Waals surface area contributed by atoms with Crippen molar-refractivity contribution < 1.29 is 30.4 Å². The molecule has 26 heavy (non-hydrogen) atoms. The average Bonchev–Trinajstić information content (AvgIpc) is 2.74. The van der Waals surface area contributed by atoms with Gasteiger partial charge in [0.1, 0.15) is 12.3 Å². The first-order chi connectivity index (χ1) is 11.5. The molecule has 2 rings (SSSR count). The van der Waals surface area contributed by atoms with E-state index in [1.54, 1.807) is 6.92 Å². The van der Waals surface area contributed by atoms with Crippen LogP contribution in [0.3, 0.4) is 0 Å². The first kappa shape index (κ1) is 21.4. The summed E-state index contributed by atoms with van der Waals surface area (Å²) in [5, 5.41) is -0.303. The molecule has 0 bridgehead atoms. The predicted octanol–water partition coefficient (Wildman–Crippen LogP) is 5.25. The normalized spacial score (nSPS) is 21.8. The van der Waals surface area contributed by atoms with Crippen LogP contribution in [0.25, 0.3) is 0 Å². The Morgan fingerprint density at radius 2 is 1.69 bits per heavy atom. The number of benzene rings is 1. The van der Waals surface area contributed by atoms with Crippen molar-refractivity contribution in [3.05, 3.63) is 28.8 Å². The van der Waals surface area contributed by atoms with E-state index in [4.69, 9.17) is 4.43 Å². The van der Waals surface area contributed by atoms with Gasteiger partial charge in [-0.05, 0) is 42.2 Å². The van der Waals surface area contributed by atoms with Gasteiger partial charge in [0.2, 0.25) is 0 Å². The number of aryl methyl sites for hydroxylation is 1. The Labute approximate surface area is 152 Å². The molecule has 0 aromatic heterocycles. The highest BCUT2D eigenvalue weighted by Gasteiger charge is 2.52. The van der Waals surface area contributed by atoms with Crippen LogP contribution in [0.2, 0.25) is 18.1 Å². The molecule has 148 valence electrons. The van der Waals surface area contributed by atoms with Gasteiger partial charge in [-0.3, -0.25) is 0 Å². The molecule has 9 heteroatoms. The fourth-order valence-electron chi connectivity index (χ4n) is 2.80. The van der Waals surface area contributed by atoms with Gasteiger partial charge in [-0.15, -0.1) is 0 Å². The Kier molecular flexibility index (Phi) is 5.18. The summed E-state index contributed by atoms with van der Waals surface area (Å²) in [7, 11) is -8.14. The number of sulfone groups is 1.